The van der Waals surface area contributed by atoms with Gasteiger partial charge in [-0.05, 0) is 66.8 Å². The lowest BCUT2D eigenvalue weighted by atomic mass is 9.95. The van der Waals surface area contributed by atoms with Gasteiger partial charge in [0.15, 0.2) is 0 Å². The standard InChI is InChI=1S/C28H27N/c1-20-14-16-25(21(2)18-20)26-17-15-24(19-22(26)3)29(4)28-13-9-8-12-27(28)23-10-6-5-7-11-23/h5-19H,1-4H3. The molecule has 0 atom stereocenters. The zero-order chi connectivity index (χ0) is 20.4. The highest BCUT2D eigenvalue weighted by Crippen LogP contribution is 2.36. The maximum Gasteiger partial charge on any atom is 0.0487 e. The highest BCUT2D eigenvalue weighted by Gasteiger charge is 2.12. The Morgan fingerprint density at radius 1 is 0.552 bits per heavy atom. The molecular formula is C28H27N. The fourth-order valence-electron chi connectivity index (χ4n) is 4.04. The van der Waals surface area contributed by atoms with Gasteiger partial charge >= 0.3 is 0 Å². The Hall–Kier alpha value is -3.32. The fourth-order valence-corrected chi connectivity index (χ4v) is 4.04. The van der Waals surface area contributed by atoms with E-state index in [0.29, 0.717) is 0 Å². The van der Waals surface area contributed by atoms with Crippen molar-refractivity contribution < 1.29 is 0 Å². The second-order valence-electron chi connectivity index (χ2n) is 7.76. The number of para-hydroxylation sites is 1. The van der Waals surface area contributed by atoms with Gasteiger partial charge in [0, 0.05) is 24.0 Å². The molecule has 0 unspecified atom stereocenters. The molecule has 4 rings (SSSR count). The Kier molecular flexibility index (Phi) is 5.22. The molecule has 0 spiro atoms. The summed E-state index contributed by atoms with van der Waals surface area (Å²) in [5.74, 6) is 0. The summed E-state index contributed by atoms with van der Waals surface area (Å²) in [4.78, 5) is 2.28. The van der Waals surface area contributed by atoms with E-state index in [1.54, 1.807) is 0 Å². The number of anilines is 2. The van der Waals surface area contributed by atoms with Crippen molar-refractivity contribution in [1.82, 2.24) is 0 Å². The number of aryl methyl sites for hydroxylation is 3. The molecule has 0 aliphatic carbocycles. The van der Waals surface area contributed by atoms with E-state index in [4.69, 9.17) is 0 Å². The maximum absolute atomic E-state index is 2.29. The lowest BCUT2D eigenvalue weighted by Gasteiger charge is -2.24. The maximum atomic E-state index is 2.29. The van der Waals surface area contributed by atoms with Crippen molar-refractivity contribution in [3.8, 4) is 22.3 Å². The third-order valence-electron chi connectivity index (χ3n) is 5.62. The van der Waals surface area contributed by atoms with E-state index in [9.17, 15) is 0 Å². The van der Waals surface area contributed by atoms with Crippen molar-refractivity contribution in [3.63, 3.8) is 0 Å². The van der Waals surface area contributed by atoms with Gasteiger partial charge in [-0.1, -0.05) is 78.4 Å². The summed E-state index contributed by atoms with van der Waals surface area (Å²) in [7, 11) is 2.15. The van der Waals surface area contributed by atoms with Crippen LogP contribution in [0.25, 0.3) is 22.3 Å². The number of benzene rings is 4. The van der Waals surface area contributed by atoms with E-state index < -0.39 is 0 Å². The largest absolute Gasteiger partial charge is 0.344 e. The molecule has 1 heteroatoms. The molecule has 0 amide bonds. The van der Waals surface area contributed by atoms with Crippen LogP contribution in [0.4, 0.5) is 11.4 Å². The first-order valence-corrected chi connectivity index (χ1v) is 10.1. The van der Waals surface area contributed by atoms with Crippen LogP contribution in [-0.2, 0) is 0 Å². The molecule has 0 saturated carbocycles. The predicted molar refractivity (Wildman–Crippen MR) is 126 cm³/mol. The fraction of sp³-hybridized carbons (Fsp3) is 0.143. The zero-order valence-corrected chi connectivity index (χ0v) is 17.6. The molecule has 0 radical (unpaired) electrons. The number of hydrogen-bond donors (Lipinski definition) is 0. The number of rotatable bonds is 4. The van der Waals surface area contributed by atoms with Gasteiger partial charge in [-0.25, -0.2) is 0 Å². The molecule has 0 fully saturated rings. The van der Waals surface area contributed by atoms with Crippen LogP contribution >= 0.6 is 0 Å². The summed E-state index contributed by atoms with van der Waals surface area (Å²) in [5.41, 5.74) is 11.4. The summed E-state index contributed by atoms with van der Waals surface area (Å²) >= 11 is 0. The van der Waals surface area contributed by atoms with Crippen LogP contribution in [0.5, 0.6) is 0 Å². The summed E-state index contributed by atoms with van der Waals surface area (Å²) in [6.45, 7) is 6.54. The van der Waals surface area contributed by atoms with E-state index in [-0.39, 0.29) is 0 Å². The SMILES string of the molecule is Cc1ccc(-c2ccc(N(C)c3ccccc3-c3ccccc3)cc2C)c(C)c1. The molecule has 0 aromatic heterocycles. The summed E-state index contributed by atoms with van der Waals surface area (Å²) in [6.07, 6.45) is 0. The van der Waals surface area contributed by atoms with Crippen LogP contribution in [-0.4, -0.2) is 7.05 Å². The Morgan fingerprint density at radius 3 is 1.86 bits per heavy atom. The first kappa shape index (κ1) is 19.0. The second kappa shape index (κ2) is 7.97. The molecular weight excluding hydrogens is 350 g/mol. The monoisotopic (exact) mass is 377 g/mol. The zero-order valence-electron chi connectivity index (χ0n) is 17.6. The van der Waals surface area contributed by atoms with Gasteiger partial charge in [0.2, 0.25) is 0 Å². The van der Waals surface area contributed by atoms with Gasteiger partial charge in [0.1, 0.15) is 0 Å². The normalized spacial score (nSPS) is 10.8. The lowest BCUT2D eigenvalue weighted by molar-refractivity contribution is 1.20. The van der Waals surface area contributed by atoms with Gasteiger partial charge in [-0.3, -0.25) is 0 Å². The quantitative estimate of drug-likeness (QED) is 0.352. The highest BCUT2D eigenvalue weighted by molar-refractivity contribution is 5.83. The van der Waals surface area contributed by atoms with Gasteiger partial charge in [0.25, 0.3) is 0 Å². The molecule has 0 saturated heterocycles. The smallest absolute Gasteiger partial charge is 0.0487 e. The van der Waals surface area contributed by atoms with E-state index in [2.05, 4.69) is 124 Å². The summed E-state index contributed by atoms with van der Waals surface area (Å²) in [6, 6.07) is 32.6. The Balaban J connectivity index is 1.73. The van der Waals surface area contributed by atoms with Crippen molar-refractivity contribution in [2.45, 2.75) is 20.8 Å². The topological polar surface area (TPSA) is 3.24 Å². The first-order chi connectivity index (χ1) is 14.0. The lowest BCUT2D eigenvalue weighted by Crippen LogP contribution is -2.11. The summed E-state index contributed by atoms with van der Waals surface area (Å²) < 4.78 is 0. The summed E-state index contributed by atoms with van der Waals surface area (Å²) in [5, 5.41) is 0. The van der Waals surface area contributed by atoms with Gasteiger partial charge in [-0.15, -0.1) is 0 Å². The van der Waals surface area contributed by atoms with Crippen molar-refractivity contribution in [1.29, 1.82) is 0 Å². The van der Waals surface area contributed by atoms with Crippen LogP contribution < -0.4 is 4.90 Å². The van der Waals surface area contributed by atoms with Gasteiger partial charge in [-0.2, -0.15) is 0 Å². The molecule has 0 aliphatic heterocycles. The van der Waals surface area contributed by atoms with Crippen molar-refractivity contribution in [3.05, 3.63) is 108 Å². The predicted octanol–water partition coefficient (Wildman–Crippen LogP) is 7.71. The van der Waals surface area contributed by atoms with E-state index in [0.717, 1.165) is 0 Å². The van der Waals surface area contributed by atoms with Crippen LogP contribution in [0.1, 0.15) is 16.7 Å². The third kappa shape index (κ3) is 3.82. The van der Waals surface area contributed by atoms with Crippen molar-refractivity contribution in [2.75, 3.05) is 11.9 Å². The first-order valence-electron chi connectivity index (χ1n) is 10.1. The Labute approximate surface area is 174 Å². The van der Waals surface area contributed by atoms with E-state index in [1.165, 1.54) is 50.3 Å². The number of hydrogen-bond acceptors (Lipinski definition) is 1. The molecule has 29 heavy (non-hydrogen) atoms. The minimum absolute atomic E-state index is 1.19. The van der Waals surface area contributed by atoms with Crippen LogP contribution in [0.3, 0.4) is 0 Å². The van der Waals surface area contributed by atoms with Gasteiger partial charge in [0.05, 0.1) is 0 Å². The van der Waals surface area contributed by atoms with Crippen LogP contribution in [0, 0.1) is 20.8 Å². The Morgan fingerprint density at radius 2 is 1.17 bits per heavy atom. The van der Waals surface area contributed by atoms with E-state index in [1.807, 2.05) is 0 Å². The molecule has 1 nitrogen and oxygen atoms in total. The number of nitrogens with zero attached hydrogens (tertiary/aromatic N) is 1. The molecule has 144 valence electrons. The molecule has 0 heterocycles. The molecule has 0 aliphatic rings. The van der Waals surface area contributed by atoms with Crippen LogP contribution in [0.2, 0.25) is 0 Å². The van der Waals surface area contributed by atoms with Crippen molar-refractivity contribution >= 4 is 11.4 Å². The van der Waals surface area contributed by atoms with Gasteiger partial charge < -0.3 is 4.90 Å². The molecule has 0 N–H and O–H groups in total. The average molecular weight is 378 g/mol. The highest BCUT2D eigenvalue weighted by atomic mass is 15.1. The minimum atomic E-state index is 1.19. The molecule has 0 bridgehead atoms. The van der Waals surface area contributed by atoms with E-state index >= 15 is 0 Å². The second-order valence-corrected chi connectivity index (χ2v) is 7.76. The van der Waals surface area contributed by atoms with Crippen LogP contribution in [0.15, 0.2) is 91.0 Å². The molecule has 4 aromatic carbocycles. The Bertz CT molecular complexity index is 1140. The minimum Gasteiger partial charge on any atom is -0.344 e. The molecule has 4 aromatic rings. The van der Waals surface area contributed by atoms with Crippen molar-refractivity contribution in [2.24, 2.45) is 0 Å². The average Bonchev–Trinajstić information content (AvgIpc) is 2.74. The third-order valence-corrected chi connectivity index (χ3v) is 5.62.